The highest BCUT2D eigenvalue weighted by Gasteiger charge is 2.34. The van der Waals surface area contributed by atoms with E-state index in [0.717, 1.165) is 5.56 Å². The normalized spacial score (nSPS) is 18.5. The number of methoxy groups -OCH3 is 1. The van der Waals surface area contributed by atoms with Crippen molar-refractivity contribution in [3.63, 3.8) is 0 Å². The molecule has 0 aromatic heterocycles. The molecule has 1 unspecified atom stereocenters. The SMILES string of the molecule is COC(=O)C1CCN(C(=O)Cc2ccccc2Cl)CC1=O. The maximum Gasteiger partial charge on any atom is 0.316 e. The zero-order valence-electron chi connectivity index (χ0n) is 11.7. The summed E-state index contributed by atoms with van der Waals surface area (Å²) in [5.41, 5.74) is 0.728. The Morgan fingerprint density at radius 3 is 2.71 bits per heavy atom. The molecule has 21 heavy (non-hydrogen) atoms. The topological polar surface area (TPSA) is 63.7 Å². The summed E-state index contributed by atoms with van der Waals surface area (Å²) in [5, 5.41) is 0.529. The molecule has 1 fully saturated rings. The molecule has 2 rings (SSSR count). The maximum absolute atomic E-state index is 12.2. The van der Waals surface area contributed by atoms with Crippen LogP contribution in [0.25, 0.3) is 0 Å². The number of piperidine rings is 1. The zero-order valence-corrected chi connectivity index (χ0v) is 12.4. The molecule has 0 N–H and O–H groups in total. The summed E-state index contributed by atoms with van der Waals surface area (Å²) >= 11 is 6.02. The van der Waals surface area contributed by atoms with Gasteiger partial charge in [-0.1, -0.05) is 29.8 Å². The highest BCUT2D eigenvalue weighted by molar-refractivity contribution is 6.31. The van der Waals surface area contributed by atoms with Crippen LogP contribution in [-0.2, 0) is 25.5 Å². The van der Waals surface area contributed by atoms with Crippen molar-refractivity contribution in [2.24, 2.45) is 5.92 Å². The van der Waals surface area contributed by atoms with Gasteiger partial charge in [0.1, 0.15) is 5.92 Å². The number of ether oxygens (including phenoxy) is 1. The second-order valence-electron chi connectivity index (χ2n) is 4.91. The van der Waals surface area contributed by atoms with Gasteiger partial charge in [-0.2, -0.15) is 0 Å². The van der Waals surface area contributed by atoms with Gasteiger partial charge in [-0.25, -0.2) is 0 Å². The Morgan fingerprint density at radius 1 is 1.38 bits per heavy atom. The number of carbonyl (C=O) groups excluding carboxylic acids is 3. The minimum atomic E-state index is -0.751. The van der Waals surface area contributed by atoms with Crippen molar-refractivity contribution >= 4 is 29.3 Å². The molecule has 1 aromatic rings. The van der Waals surface area contributed by atoms with Gasteiger partial charge in [-0.3, -0.25) is 14.4 Å². The lowest BCUT2D eigenvalue weighted by atomic mass is 9.95. The monoisotopic (exact) mass is 309 g/mol. The molecule has 1 aliphatic heterocycles. The molecule has 1 amide bonds. The van der Waals surface area contributed by atoms with Crippen LogP contribution < -0.4 is 0 Å². The Labute approximate surface area is 127 Å². The number of carbonyl (C=O) groups is 3. The molecular formula is C15H16ClNO4. The first kappa shape index (κ1) is 15.5. The predicted molar refractivity (Wildman–Crippen MR) is 76.9 cm³/mol. The number of Topliss-reactive ketones (excluding diaryl/α,β-unsaturated/α-hetero) is 1. The van der Waals surface area contributed by atoms with Gasteiger partial charge in [0.2, 0.25) is 5.91 Å². The Kier molecular flexibility index (Phi) is 4.96. The van der Waals surface area contributed by atoms with Crippen LogP contribution in [0.1, 0.15) is 12.0 Å². The van der Waals surface area contributed by atoms with Crippen molar-refractivity contribution in [3.8, 4) is 0 Å². The quantitative estimate of drug-likeness (QED) is 0.626. The fraction of sp³-hybridized carbons (Fsp3) is 0.400. The van der Waals surface area contributed by atoms with Gasteiger partial charge in [0.05, 0.1) is 20.1 Å². The van der Waals surface area contributed by atoms with Crippen molar-refractivity contribution in [3.05, 3.63) is 34.9 Å². The number of likely N-dealkylation sites (tertiary alicyclic amines) is 1. The predicted octanol–water partition coefficient (Wildman–Crippen LogP) is 1.47. The minimum Gasteiger partial charge on any atom is -0.468 e. The summed E-state index contributed by atoms with van der Waals surface area (Å²) in [6.45, 7) is 0.317. The van der Waals surface area contributed by atoms with E-state index in [1.54, 1.807) is 18.2 Å². The molecule has 0 aliphatic carbocycles. The van der Waals surface area contributed by atoms with Crippen LogP contribution in [-0.4, -0.2) is 42.8 Å². The molecule has 0 saturated carbocycles. The molecule has 1 saturated heterocycles. The van der Waals surface area contributed by atoms with Gasteiger partial charge >= 0.3 is 5.97 Å². The summed E-state index contributed by atoms with van der Waals surface area (Å²) in [7, 11) is 1.25. The fourth-order valence-corrected chi connectivity index (χ4v) is 2.55. The highest BCUT2D eigenvalue weighted by atomic mass is 35.5. The Balaban J connectivity index is 1.98. The lowest BCUT2D eigenvalue weighted by Crippen LogP contribution is -2.47. The number of halogens is 1. The third kappa shape index (κ3) is 3.61. The first-order valence-corrected chi connectivity index (χ1v) is 7.02. The van der Waals surface area contributed by atoms with Crippen LogP contribution in [0.2, 0.25) is 5.02 Å². The number of esters is 1. The van der Waals surface area contributed by atoms with E-state index in [1.807, 2.05) is 6.07 Å². The minimum absolute atomic E-state index is 0.0525. The average Bonchev–Trinajstić information content (AvgIpc) is 2.48. The average molecular weight is 310 g/mol. The van der Waals surface area contributed by atoms with Crippen molar-refractivity contribution in [2.75, 3.05) is 20.2 Å². The van der Waals surface area contributed by atoms with Gasteiger partial charge < -0.3 is 9.64 Å². The van der Waals surface area contributed by atoms with E-state index in [-0.39, 0.29) is 24.7 Å². The van der Waals surface area contributed by atoms with Crippen LogP contribution in [0.3, 0.4) is 0 Å². The van der Waals surface area contributed by atoms with E-state index in [0.29, 0.717) is 18.0 Å². The lowest BCUT2D eigenvalue weighted by Gasteiger charge is -2.29. The second kappa shape index (κ2) is 6.72. The van der Waals surface area contributed by atoms with Crippen LogP contribution >= 0.6 is 11.6 Å². The number of amides is 1. The molecule has 5 nitrogen and oxygen atoms in total. The number of rotatable bonds is 3. The standard InChI is InChI=1S/C15H16ClNO4/c1-21-15(20)11-6-7-17(9-13(11)18)14(19)8-10-4-2-3-5-12(10)16/h2-5,11H,6-9H2,1H3. The first-order chi connectivity index (χ1) is 10.0. The summed E-state index contributed by atoms with van der Waals surface area (Å²) in [6, 6.07) is 7.10. The van der Waals surface area contributed by atoms with Gasteiger partial charge in [0.15, 0.2) is 5.78 Å². The van der Waals surface area contributed by atoms with Crippen molar-refractivity contribution in [1.29, 1.82) is 0 Å². The number of hydrogen-bond donors (Lipinski definition) is 0. The number of ketones is 1. The largest absolute Gasteiger partial charge is 0.468 e. The summed E-state index contributed by atoms with van der Waals surface area (Å²) < 4.78 is 4.59. The van der Waals surface area contributed by atoms with Crippen LogP contribution in [0.4, 0.5) is 0 Å². The maximum atomic E-state index is 12.2. The molecule has 1 aliphatic rings. The summed E-state index contributed by atoms with van der Waals surface area (Å²) in [5.74, 6) is -1.72. The number of nitrogens with zero attached hydrogens (tertiary/aromatic N) is 1. The molecule has 0 spiro atoms. The molecule has 6 heteroatoms. The van der Waals surface area contributed by atoms with E-state index >= 15 is 0 Å². The second-order valence-corrected chi connectivity index (χ2v) is 5.32. The fourth-order valence-electron chi connectivity index (χ4n) is 2.34. The molecular weight excluding hydrogens is 294 g/mol. The third-order valence-corrected chi connectivity index (χ3v) is 3.93. The molecule has 1 aromatic carbocycles. The number of hydrogen-bond acceptors (Lipinski definition) is 4. The molecule has 1 heterocycles. The van der Waals surface area contributed by atoms with E-state index in [9.17, 15) is 14.4 Å². The molecule has 112 valence electrons. The third-order valence-electron chi connectivity index (χ3n) is 3.56. The van der Waals surface area contributed by atoms with Gasteiger partial charge in [0, 0.05) is 11.6 Å². The Hall–Kier alpha value is -1.88. The first-order valence-electron chi connectivity index (χ1n) is 6.64. The van der Waals surface area contributed by atoms with E-state index in [2.05, 4.69) is 4.74 Å². The van der Waals surface area contributed by atoms with Crippen LogP contribution in [0.15, 0.2) is 24.3 Å². The zero-order chi connectivity index (χ0) is 15.4. The van der Waals surface area contributed by atoms with Crippen LogP contribution in [0, 0.1) is 5.92 Å². The highest BCUT2D eigenvalue weighted by Crippen LogP contribution is 2.19. The van der Waals surface area contributed by atoms with E-state index in [1.165, 1.54) is 12.0 Å². The van der Waals surface area contributed by atoms with Crippen LogP contribution in [0.5, 0.6) is 0 Å². The van der Waals surface area contributed by atoms with Crippen molar-refractivity contribution < 1.29 is 19.1 Å². The van der Waals surface area contributed by atoms with E-state index < -0.39 is 11.9 Å². The summed E-state index contributed by atoms with van der Waals surface area (Å²) in [4.78, 5) is 37.0. The van der Waals surface area contributed by atoms with E-state index in [4.69, 9.17) is 11.6 Å². The Morgan fingerprint density at radius 2 is 2.10 bits per heavy atom. The van der Waals surface area contributed by atoms with Gasteiger partial charge in [-0.05, 0) is 18.1 Å². The Bertz CT molecular complexity index is 573. The molecule has 0 bridgehead atoms. The number of benzene rings is 1. The van der Waals surface area contributed by atoms with Gasteiger partial charge in [0.25, 0.3) is 0 Å². The molecule has 0 radical (unpaired) electrons. The summed E-state index contributed by atoms with van der Waals surface area (Å²) in [6.07, 6.45) is 0.454. The van der Waals surface area contributed by atoms with Crippen molar-refractivity contribution in [1.82, 2.24) is 4.90 Å². The molecule has 1 atom stereocenters. The smallest absolute Gasteiger partial charge is 0.316 e. The van der Waals surface area contributed by atoms with Crippen molar-refractivity contribution in [2.45, 2.75) is 12.8 Å². The van der Waals surface area contributed by atoms with Gasteiger partial charge in [-0.15, -0.1) is 0 Å². The lowest BCUT2D eigenvalue weighted by molar-refractivity contribution is -0.154.